The van der Waals surface area contributed by atoms with Crippen LogP contribution in [0.15, 0.2) is 47.0 Å². The minimum absolute atomic E-state index is 0.234. The summed E-state index contributed by atoms with van der Waals surface area (Å²) < 4.78 is 10.9. The number of rotatable bonds is 4. The molecule has 22 heavy (non-hydrogen) atoms. The number of ether oxygens (including phenoxy) is 1. The normalized spacial score (nSPS) is 10.7. The van der Waals surface area contributed by atoms with Crippen molar-refractivity contribution in [1.82, 2.24) is 10.1 Å². The summed E-state index contributed by atoms with van der Waals surface area (Å²) in [6.45, 7) is 4.29. The van der Waals surface area contributed by atoms with Crippen LogP contribution in [0.5, 0.6) is 5.75 Å². The van der Waals surface area contributed by atoms with Crippen LogP contribution in [-0.2, 0) is 6.61 Å². The molecule has 0 aliphatic rings. The second-order valence-corrected chi connectivity index (χ2v) is 5.52. The van der Waals surface area contributed by atoms with Crippen LogP contribution in [0.25, 0.3) is 11.4 Å². The van der Waals surface area contributed by atoms with Crippen LogP contribution in [-0.4, -0.2) is 10.1 Å². The van der Waals surface area contributed by atoms with Crippen LogP contribution in [0.3, 0.4) is 0 Å². The molecule has 0 N–H and O–H groups in total. The average Bonchev–Trinajstić information content (AvgIpc) is 2.95. The molecule has 0 aliphatic heterocycles. The van der Waals surface area contributed by atoms with Crippen molar-refractivity contribution in [2.24, 2.45) is 0 Å². The highest BCUT2D eigenvalue weighted by molar-refractivity contribution is 6.30. The Morgan fingerprint density at radius 1 is 1.14 bits per heavy atom. The van der Waals surface area contributed by atoms with Gasteiger partial charge in [-0.25, -0.2) is 0 Å². The van der Waals surface area contributed by atoms with Crippen LogP contribution < -0.4 is 4.74 Å². The third-order valence-electron chi connectivity index (χ3n) is 3.23. The molecule has 0 atom stereocenters. The van der Waals surface area contributed by atoms with E-state index in [-0.39, 0.29) is 6.61 Å². The number of aryl methyl sites for hydroxylation is 2. The van der Waals surface area contributed by atoms with Gasteiger partial charge in [-0.3, -0.25) is 0 Å². The minimum Gasteiger partial charge on any atom is -0.483 e. The molecule has 0 aliphatic carbocycles. The number of hydrogen-bond acceptors (Lipinski definition) is 4. The van der Waals surface area contributed by atoms with Gasteiger partial charge in [0.25, 0.3) is 5.89 Å². The molecule has 0 saturated heterocycles. The maximum Gasteiger partial charge on any atom is 0.264 e. The molecule has 0 bridgehead atoms. The number of nitrogens with zero attached hydrogens (tertiary/aromatic N) is 2. The van der Waals surface area contributed by atoms with E-state index in [9.17, 15) is 0 Å². The van der Waals surface area contributed by atoms with E-state index < -0.39 is 0 Å². The van der Waals surface area contributed by atoms with Crippen molar-refractivity contribution in [2.75, 3.05) is 0 Å². The van der Waals surface area contributed by atoms with Gasteiger partial charge in [-0.15, -0.1) is 0 Å². The molecule has 0 fully saturated rings. The molecule has 0 radical (unpaired) electrons. The number of benzene rings is 2. The number of hydrogen-bond donors (Lipinski definition) is 0. The molecule has 3 aromatic rings. The fraction of sp³-hybridized carbons (Fsp3) is 0.176. The predicted octanol–water partition coefficient (Wildman–Crippen LogP) is 4.59. The molecule has 1 heterocycles. The van der Waals surface area contributed by atoms with E-state index in [4.69, 9.17) is 20.9 Å². The van der Waals surface area contributed by atoms with Crippen LogP contribution in [0.2, 0.25) is 5.02 Å². The quantitative estimate of drug-likeness (QED) is 0.707. The average molecular weight is 315 g/mol. The smallest absolute Gasteiger partial charge is 0.264 e. The first-order chi connectivity index (χ1) is 10.6. The third-order valence-corrected chi connectivity index (χ3v) is 3.47. The van der Waals surface area contributed by atoms with E-state index in [1.165, 1.54) is 5.56 Å². The summed E-state index contributed by atoms with van der Waals surface area (Å²) in [5, 5.41) is 4.59. The van der Waals surface area contributed by atoms with Gasteiger partial charge in [-0.2, -0.15) is 4.98 Å². The molecule has 4 nitrogen and oxygen atoms in total. The van der Waals surface area contributed by atoms with Crippen molar-refractivity contribution in [3.63, 3.8) is 0 Å². The maximum absolute atomic E-state index is 5.96. The van der Waals surface area contributed by atoms with E-state index in [0.717, 1.165) is 16.9 Å². The lowest BCUT2D eigenvalue weighted by Gasteiger charge is -2.07. The summed E-state index contributed by atoms with van der Waals surface area (Å²) in [7, 11) is 0. The van der Waals surface area contributed by atoms with Crippen molar-refractivity contribution in [1.29, 1.82) is 0 Å². The highest BCUT2D eigenvalue weighted by Gasteiger charge is 2.10. The third kappa shape index (κ3) is 3.28. The molecule has 0 saturated carbocycles. The Morgan fingerprint density at radius 3 is 2.77 bits per heavy atom. The van der Waals surface area contributed by atoms with Gasteiger partial charge in [0.05, 0.1) is 0 Å². The maximum atomic E-state index is 5.96. The zero-order valence-corrected chi connectivity index (χ0v) is 13.1. The molecule has 0 amide bonds. The lowest BCUT2D eigenvalue weighted by atomic mass is 10.1. The summed E-state index contributed by atoms with van der Waals surface area (Å²) in [5.41, 5.74) is 3.09. The van der Waals surface area contributed by atoms with Gasteiger partial charge in [0, 0.05) is 10.6 Å². The first kappa shape index (κ1) is 14.6. The Bertz CT molecular complexity index is 799. The minimum atomic E-state index is 0.234. The van der Waals surface area contributed by atoms with Gasteiger partial charge in [0.15, 0.2) is 6.61 Å². The van der Waals surface area contributed by atoms with Gasteiger partial charge in [0.2, 0.25) is 5.82 Å². The summed E-state index contributed by atoms with van der Waals surface area (Å²) in [4.78, 5) is 4.32. The molecule has 112 valence electrons. The van der Waals surface area contributed by atoms with Crippen molar-refractivity contribution >= 4 is 11.6 Å². The highest BCUT2D eigenvalue weighted by Crippen LogP contribution is 2.22. The standard InChI is InChI=1S/C17H15ClN2O2/c1-11-6-7-15(12(2)8-11)21-10-16-19-17(20-22-16)13-4-3-5-14(18)9-13/h3-9H,10H2,1-2H3. The molecule has 5 heteroatoms. The second kappa shape index (κ2) is 6.20. The lowest BCUT2D eigenvalue weighted by Crippen LogP contribution is -1.97. The fourth-order valence-corrected chi connectivity index (χ4v) is 2.35. The summed E-state index contributed by atoms with van der Waals surface area (Å²) in [6, 6.07) is 13.3. The number of halogens is 1. The van der Waals surface area contributed by atoms with Crippen LogP contribution in [0, 0.1) is 13.8 Å². The van der Waals surface area contributed by atoms with Gasteiger partial charge in [-0.05, 0) is 37.6 Å². The number of aromatic nitrogens is 2. The van der Waals surface area contributed by atoms with Crippen LogP contribution in [0.4, 0.5) is 0 Å². The Balaban J connectivity index is 1.72. The Kier molecular flexibility index (Phi) is 4.11. The Hall–Kier alpha value is -2.33. The highest BCUT2D eigenvalue weighted by atomic mass is 35.5. The second-order valence-electron chi connectivity index (χ2n) is 5.08. The molecular weight excluding hydrogens is 300 g/mol. The predicted molar refractivity (Wildman–Crippen MR) is 85.0 cm³/mol. The molecule has 2 aromatic carbocycles. The van der Waals surface area contributed by atoms with Crippen molar-refractivity contribution in [2.45, 2.75) is 20.5 Å². The van der Waals surface area contributed by atoms with Gasteiger partial charge >= 0.3 is 0 Å². The van der Waals surface area contributed by atoms with Crippen molar-refractivity contribution in [3.8, 4) is 17.1 Å². The van der Waals surface area contributed by atoms with Crippen LogP contribution >= 0.6 is 11.6 Å². The Morgan fingerprint density at radius 2 is 2.00 bits per heavy atom. The summed E-state index contributed by atoms with van der Waals surface area (Å²) >= 11 is 5.96. The summed E-state index contributed by atoms with van der Waals surface area (Å²) in [5.74, 6) is 1.74. The largest absolute Gasteiger partial charge is 0.483 e. The first-order valence-corrected chi connectivity index (χ1v) is 7.28. The van der Waals surface area contributed by atoms with E-state index in [2.05, 4.69) is 16.2 Å². The van der Waals surface area contributed by atoms with Gasteiger partial charge < -0.3 is 9.26 Å². The van der Waals surface area contributed by atoms with Crippen LogP contribution in [0.1, 0.15) is 17.0 Å². The van der Waals surface area contributed by atoms with E-state index in [1.807, 2.05) is 38.1 Å². The fourth-order valence-electron chi connectivity index (χ4n) is 2.16. The zero-order valence-electron chi connectivity index (χ0n) is 12.3. The molecule has 0 unspecified atom stereocenters. The monoisotopic (exact) mass is 314 g/mol. The van der Waals surface area contributed by atoms with E-state index >= 15 is 0 Å². The molecular formula is C17H15ClN2O2. The van der Waals surface area contributed by atoms with Gasteiger partial charge in [0.1, 0.15) is 5.75 Å². The van der Waals surface area contributed by atoms with E-state index in [0.29, 0.717) is 16.7 Å². The van der Waals surface area contributed by atoms with Gasteiger partial charge in [-0.1, -0.05) is 46.6 Å². The lowest BCUT2D eigenvalue weighted by molar-refractivity contribution is 0.241. The molecule has 1 aromatic heterocycles. The van der Waals surface area contributed by atoms with E-state index in [1.54, 1.807) is 12.1 Å². The first-order valence-electron chi connectivity index (χ1n) is 6.90. The topological polar surface area (TPSA) is 48.2 Å². The van der Waals surface area contributed by atoms with Crippen molar-refractivity contribution in [3.05, 3.63) is 64.5 Å². The SMILES string of the molecule is Cc1ccc(OCc2nc(-c3cccc(Cl)c3)no2)c(C)c1. The zero-order chi connectivity index (χ0) is 15.5. The summed E-state index contributed by atoms with van der Waals surface area (Å²) in [6.07, 6.45) is 0. The Labute approximate surface area is 133 Å². The molecule has 3 rings (SSSR count). The van der Waals surface area contributed by atoms with Crippen molar-refractivity contribution < 1.29 is 9.26 Å². The molecule has 0 spiro atoms.